The number of nitrogen functional groups attached to an aromatic ring is 1. The van der Waals surface area contributed by atoms with E-state index >= 15 is 0 Å². The Morgan fingerprint density at radius 3 is 2.38 bits per heavy atom. The number of aromatic hydroxyl groups is 1. The van der Waals surface area contributed by atoms with Crippen LogP contribution in [0.4, 0.5) is 5.69 Å². The maximum absolute atomic E-state index is 12.0. The van der Waals surface area contributed by atoms with Gasteiger partial charge in [-0.05, 0) is 42.5 Å². The summed E-state index contributed by atoms with van der Waals surface area (Å²) in [5.74, 6) is -1.35. The van der Waals surface area contributed by atoms with E-state index in [-0.39, 0.29) is 21.2 Å². The predicted octanol–water partition coefficient (Wildman–Crippen LogP) is 1.75. The number of phenolic OH excluding ortho intramolecular Hbond substituents is 1. The quantitative estimate of drug-likeness (QED) is 0.744. The number of carbonyl (C=O) groups is 1. The highest BCUT2D eigenvalue weighted by atomic mass is 35.5. The molecule has 0 aliphatic carbocycles. The van der Waals surface area contributed by atoms with Crippen LogP contribution in [-0.2, 0) is 10.0 Å². The fourth-order valence-corrected chi connectivity index (χ4v) is 2.71. The molecular formula is C13H11ClN2O4S. The molecule has 21 heavy (non-hydrogen) atoms. The van der Waals surface area contributed by atoms with Gasteiger partial charge in [-0.25, -0.2) is 13.1 Å². The summed E-state index contributed by atoms with van der Waals surface area (Å²) in [7, 11) is -4.06. The zero-order chi connectivity index (χ0) is 15.6. The van der Waals surface area contributed by atoms with Crippen molar-refractivity contribution in [3.05, 3.63) is 53.1 Å². The Hall–Kier alpha value is -2.25. The number of anilines is 1. The van der Waals surface area contributed by atoms with Gasteiger partial charge in [-0.2, -0.15) is 0 Å². The van der Waals surface area contributed by atoms with E-state index in [0.29, 0.717) is 5.69 Å². The Morgan fingerprint density at radius 1 is 1.14 bits per heavy atom. The molecule has 0 unspecified atom stereocenters. The molecule has 8 heteroatoms. The van der Waals surface area contributed by atoms with Crippen LogP contribution in [0.5, 0.6) is 5.75 Å². The Bertz CT molecular complexity index is 788. The average molecular weight is 327 g/mol. The van der Waals surface area contributed by atoms with Crippen LogP contribution in [0.25, 0.3) is 0 Å². The van der Waals surface area contributed by atoms with Crippen LogP contribution in [0.2, 0.25) is 5.02 Å². The molecule has 4 N–H and O–H groups in total. The van der Waals surface area contributed by atoms with Crippen molar-refractivity contribution in [2.24, 2.45) is 0 Å². The third kappa shape index (κ3) is 3.45. The molecule has 110 valence electrons. The first-order chi connectivity index (χ1) is 9.79. The van der Waals surface area contributed by atoms with Gasteiger partial charge in [-0.15, -0.1) is 0 Å². The van der Waals surface area contributed by atoms with Crippen LogP contribution in [0.3, 0.4) is 0 Å². The van der Waals surface area contributed by atoms with Gasteiger partial charge in [0.25, 0.3) is 15.9 Å². The maximum atomic E-state index is 12.0. The molecule has 2 rings (SSSR count). The van der Waals surface area contributed by atoms with E-state index < -0.39 is 15.9 Å². The second-order valence-corrected chi connectivity index (χ2v) is 6.28. The highest BCUT2D eigenvalue weighted by molar-refractivity contribution is 7.90. The van der Waals surface area contributed by atoms with Crippen molar-refractivity contribution in [1.29, 1.82) is 0 Å². The molecule has 0 bridgehead atoms. The summed E-state index contributed by atoms with van der Waals surface area (Å²) >= 11 is 5.71. The summed E-state index contributed by atoms with van der Waals surface area (Å²) in [5.41, 5.74) is 5.63. The summed E-state index contributed by atoms with van der Waals surface area (Å²) in [6.45, 7) is 0. The third-order valence-corrected chi connectivity index (χ3v) is 4.20. The molecular weight excluding hydrogens is 316 g/mol. The zero-order valence-corrected chi connectivity index (χ0v) is 12.1. The molecule has 0 saturated carbocycles. The molecule has 0 aliphatic heterocycles. The van der Waals surface area contributed by atoms with Crippen molar-refractivity contribution in [3.8, 4) is 5.75 Å². The average Bonchev–Trinajstić information content (AvgIpc) is 2.41. The minimum atomic E-state index is -4.06. The number of carbonyl (C=O) groups excluding carboxylic acids is 1. The highest BCUT2D eigenvalue weighted by Gasteiger charge is 2.20. The monoisotopic (exact) mass is 326 g/mol. The zero-order valence-electron chi connectivity index (χ0n) is 10.6. The molecule has 6 nitrogen and oxygen atoms in total. The molecule has 2 aromatic rings. The number of benzene rings is 2. The van der Waals surface area contributed by atoms with Gasteiger partial charge in [-0.3, -0.25) is 4.79 Å². The van der Waals surface area contributed by atoms with Crippen molar-refractivity contribution in [3.63, 3.8) is 0 Å². The van der Waals surface area contributed by atoms with Gasteiger partial charge in [0.05, 0.1) is 10.5 Å². The standard InChI is InChI=1S/C13H11ClN2O4S/c14-8-1-6-12(17)11(7-8)13(18)16-21(19,20)10-4-2-9(15)3-5-10/h1-7,17H,15H2,(H,16,18). The van der Waals surface area contributed by atoms with E-state index in [1.54, 1.807) is 0 Å². The lowest BCUT2D eigenvalue weighted by Gasteiger charge is -2.08. The fourth-order valence-electron chi connectivity index (χ4n) is 1.57. The molecule has 0 heterocycles. The summed E-state index contributed by atoms with van der Waals surface area (Å²) in [5, 5.41) is 9.78. The lowest BCUT2D eigenvalue weighted by molar-refractivity contribution is 0.0979. The Morgan fingerprint density at radius 2 is 1.76 bits per heavy atom. The first-order valence-corrected chi connectivity index (χ1v) is 7.57. The van der Waals surface area contributed by atoms with E-state index in [0.717, 1.165) is 0 Å². The molecule has 0 aliphatic rings. The number of hydrogen-bond acceptors (Lipinski definition) is 5. The van der Waals surface area contributed by atoms with Crippen molar-refractivity contribution >= 4 is 33.2 Å². The molecule has 0 atom stereocenters. The van der Waals surface area contributed by atoms with Crippen LogP contribution in [0.1, 0.15) is 10.4 Å². The van der Waals surface area contributed by atoms with Crippen LogP contribution in [-0.4, -0.2) is 19.4 Å². The van der Waals surface area contributed by atoms with E-state index in [2.05, 4.69) is 0 Å². The number of hydrogen-bond donors (Lipinski definition) is 3. The Kier molecular flexibility index (Phi) is 4.06. The lowest BCUT2D eigenvalue weighted by Crippen LogP contribution is -2.30. The number of phenols is 1. The predicted molar refractivity (Wildman–Crippen MR) is 78.6 cm³/mol. The number of nitrogens with two attached hydrogens (primary N) is 1. The molecule has 1 amide bonds. The molecule has 0 saturated heterocycles. The minimum Gasteiger partial charge on any atom is -0.507 e. The molecule has 0 fully saturated rings. The van der Waals surface area contributed by atoms with Gasteiger partial charge < -0.3 is 10.8 Å². The van der Waals surface area contributed by atoms with Crippen LogP contribution < -0.4 is 10.5 Å². The van der Waals surface area contributed by atoms with Crippen LogP contribution >= 0.6 is 11.6 Å². The first-order valence-electron chi connectivity index (χ1n) is 5.71. The Labute approximate surface area is 126 Å². The largest absolute Gasteiger partial charge is 0.507 e. The van der Waals surface area contributed by atoms with Gasteiger partial charge in [0.15, 0.2) is 0 Å². The Balaban J connectivity index is 2.30. The number of amides is 1. The maximum Gasteiger partial charge on any atom is 0.268 e. The highest BCUT2D eigenvalue weighted by Crippen LogP contribution is 2.22. The summed E-state index contributed by atoms with van der Waals surface area (Å²) < 4.78 is 25.9. The summed E-state index contributed by atoms with van der Waals surface area (Å²) in [6.07, 6.45) is 0. The van der Waals surface area contributed by atoms with E-state index in [9.17, 15) is 18.3 Å². The van der Waals surface area contributed by atoms with Gasteiger partial charge in [-0.1, -0.05) is 11.6 Å². The van der Waals surface area contributed by atoms with Gasteiger partial charge >= 0.3 is 0 Å². The fraction of sp³-hybridized carbons (Fsp3) is 0. The molecule has 0 aromatic heterocycles. The molecule has 0 radical (unpaired) electrons. The number of sulfonamides is 1. The van der Waals surface area contributed by atoms with Crippen LogP contribution in [0, 0.1) is 0 Å². The van der Waals surface area contributed by atoms with E-state index in [1.165, 1.54) is 42.5 Å². The second-order valence-electron chi connectivity index (χ2n) is 4.17. The van der Waals surface area contributed by atoms with E-state index in [1.807, 2.05) is 4.72 Å². The SMILES string of the molecule is Nc1ccc(S(=O)(=O)NC(=O)c2cc(Cl)ccc2O)cc1. The van der Waals surface area contributed by atoms with Gasteiger partial charge in [0, 0.05) is 10.7 Å². The minimum absolute atomic E-state index is 0.119. The smallest absolute Gasteiger partial charge is 0.268 e. The van der Waals surface area contributed by atoms with Crippen molar-refractivity contribution in [2.45, 2.75) is 4.90 Å². The summed E-state index contributed by atoms with van der Waals surface area (Å²) in [6, 6.07) is 9.08. The number of halogens is 1. The van der Waals surface area contributed by atoms with Crippen molar-refractivity contribution < 1.29 is 18.3 Å². The summed E-state index contributed by atoms with van der Waals surface area (Å²) in [4.78, 5) is 11.8. The van der Waals surface area contributed by atoms with Crippen molar-refractivity contribution in [2.75, 3.05) is 5.73 Å². The molecule has 2 aromatic carbocycles. The number of rotatable bonds is 3. The topological polar surface area (TPSA) is 109 Å². The van der Waals surface area contributed by atoms with E-state index in [4.69, 9.17) is 17.3 Å². The third-order valence-electron chi connectivity index (χ3n) is 2.62. The van der Waals surface area contributed by atoms with Crippen molar-refractivity contribution in [1.82, 2.24) is 4.72 Å². The van der Waals surface area contributed by atoms with Gasteiger partial charge in [0.1, 0.15) is 5.75 Å². The second kappa shape index (κ2) is 5.63. The van der Waals surface area contributed by atoms with Crippen LogP contribution in [0.15, 0.2) is 47.4 Å². The normalized spacial score (nSPS) is 11.1. The number of nitrogens with one attached hydrogen (secondary N) is 1. The van der Waals surface area contributed by atoms with Gasteiger partial charge in [0.2, 0.25) is 0 Å². The molecule has 0 spiro atoms. The lowest BCUT2D eigenvalue weighted by atomic mass is 10.2. The first kappa shape index (κ1) is 15.1.